The lowest BCUT2D eigenvalue weighted by Gasteiger charge is -2.33. The normalized spacial score (nSPS) is 23.9. The number of carbonyl (C=O) groups is 1. The van der Waals surface area contributed by atoms with Gasteiger partial charge in [0.1, 0.15) is 0 Å². The van der Waals surface area contributed by atoms with Gasteiger partial charge in [-0.05, 0) is 56.5 Å². The largest absolute Gasteiger partial charge is 0.342 e. The Morgan fingerprint density at radius 3 is 2.64 bits per heavy atom. The molecular weight excluding hydrogens is 340 g/mol. The lowest BCUT2D eigenvalue weighted by Crippen LogP contribution is -2.44. The highest BCUT2D eigenvalue weighted by molar-refractivity contribution is 9.10. The lowest BCUT2D eigenvalue weighted by molar-refractivity contribution is -0.136. The number of likely N-dealkylation sites (tertiary alicyclic amines) is 1. The van der Waals surface area contributed by atoms with Crippen molar-refractivity contribution in [3.63, 3.8) is 0 Å². The third-order valence-electron chi connectivity index (χ3n) is 5.33. The molecule has 4 heteroatoms. The third-order valence-corrected chi connectivity index (χ3v) is 5.86. The summed E-state index contributed by atoms with van der Waals surface area (Å²) in [5.74, 6) is 0.975. The monoisotopic (exact) mass is 364 g/mol. The van der Waals surface area contributed by atoms with Gasteiger partial charge >= 0.3 is 0 Å². The summed E-state index contributed by atoms with van der Waals surface area (Å²) in [5, 5.41) is 3.24. The number of nitrogens with zero attached hydrogens (tertiary/aromatic N) is 1. The van der Waals surface area contributed by atoms with Crippen LogP contribution in [0, 0.1) is 5.92 Å². The predicted octanol–water partition coefficient (Wildman–Crippen LogP) is 3.33. The van der Waals surface area contributed by atoms with E-state index in [4.69, 9.17) is 0 Å². The molecule has 120 valence electrons. The molecule has 3 rings (SSSR count). The molecule has 22 heavy (non-hydrogen) atoms. The van der Waals surface area contributed by atoms with Gasteiger partial charge in [-0.3, -0.25) is 4.79 Å². The van der Waals surface area contributed by atoms with E-state index in [1.54, 1.807) is 0 Å². The van der Waals surface area contributed by atoms with E-state index < -0.39 is 0 Å². The van der Waals surface area contributed by atoms with Crippen molar-refractivity contribution in [2.75, 3.05) is 26.7 Å². The number of hydrogen-bond donors (Lipinski definition) is 1. The van der Waals surface area contributed by atoms with Crippen LogP contribution in [0.5, 0.6) is 0 Å². The zero-order chi connectivity index (χ0) is 15.6. The number of hydrogen-bond acceptors (Lipinski definition) is 2. The highest BCUT2D eigenvalue weighted by atomic mass is 79.9. The molecule has 2 aliphatic rings. The van der Waals surface area contributed by atoms with E-state index in [1.165, 1.54) is 5.56 Å². The SMILES string of the molecule is CNCC1CCN(C(=O)C2(c3ccc(Br)cc3)CCCC2)C1. The van der Waals surface area contributed by atoms with Crippen molar-refractivity contribution in [3.8, 4) is 0 Å². The van der Waals surface area contributed by atoms with E-state index >= 15 is 0 Å². The second-order valence-electron chi connectivity index (χ2n) is 6.76. The number of halogens is 1. The summed E-state index contributed by atoms with van der Waals surface area (Å²) in [5.41, 5.74) is 0.935. The minimum Gasteiger partial charge on any atom is -0.342 e. The molecule has 1 saturated carbocycles. The Hall–Kier alpha value is -0.870. The first kappa shape index (κ1) is 16.0. The molecule has 1 N–H and O–H groups in total. The van der Waals surface area contributed by atoms with Crippen LogP contribution in [0.2, 0.25) is 0 Å². The van der Waals surface area contributed by atoms with Gasteiger partial charge in [-0.2, -0.15) is 0 Å². The van der Waals surface area contributed by atoms with Gasteiger partial charge in [0.2, 0.25) is 5.91 Å². The van der Waals surface area contributed by atoms with Crippen LogP contribution >= 0.6 is 15.9 Å². The van der Waals surface area contributed by atoms with Crippen LogP contribution in [-0.2, 0) is 10.2 Å². The van der Waals surface area contributed by atoms with Gasteiger partial charge in [-0.25, -0.2) is 0 Å². The third kappa shape index (κ3) is 2.95. The van der Waals surface area contributed by atoms with Gasteiger partial charge in [0.05, 0.1) is 5.41 Å². The van der Waals surface area contributed by atoms with Crippen molar-refractivity contribution in [2.45, 2.75) is 37.5 Å². The molecule has 0 radical (unpaired) electrons. The van der Waals surface area contributed by atoms with Crippen LogP contribution in [0.15, 0.2) is 28.7 Å². The van der Waals surface area contributed by atoms with Gasteiger partial charge in [0.15, 0.2) is 0 Å². The maximum Gasteiger partial charge on any atom is 0.233 e. The molecule has 1 amide bonds. The molecular formula is C18H25BrN2O. The van der Waals surface area contributed by atoms with E-state index in [0.29, 0.717) is 11.8 Å². The minimum atomic E-state index is -0.269. The summed E-state index contributed by atoms with van der Waals surface area (Å²) in [4.78, 5) is 15.4. The van der Waals surface area contributed by atoms with Crippen molar-refractivity contribution >= 4 is 21.8 Å². The maximum absolute atomic E-state index is 13.3. The number of amides is 1. The predicted molar refractivity (Wildman–Crippen MR) is 92.9 cm³/mol. The van der Waals surface area contributed by atoms with E-state index in [-0.39, 0.29) is 5.41 Å². The topological polar surface area (TPSA) is 32.3 Å². The maximum atomic E-state index is 13.3. The molecule has 1 heterocycles. The van der Waals surface area contributed by atoms with Gasteiger partial charge in [0.25, 0.3) is 0 Å². The van der Waals surface area contributed by atoms with Crippen LogP contribution in [-0.4, -0.2) is 37.5 Å². The minimum absolute atomic E-state index is 0.269. The van der Waals surface area contributed by atoms with Gasteiger partial charge in [-0.15, -0.1) is 0 Å². The zero-order valence-corrected chi connectivity index (χ0v) is 14.9. The lowest BCUT2D eigenvalue weighted by atomic mass is 9.77. The molecule has 1 unspecified atom stereocenters. The van der Waals surface area contributed by atoms with Gasteiger partial charge < -0.3 is 10.2 Å². The Balaban J connectivity index is 1.82. The van der Waals surface area contributed by atoms with Crippen LogP contribution in [0.1, 0.15) is 37.7 Å². The standard InChI is InChI=1S/C18H25BrN2O/c1-20-12-14-8-11-21(13-14)17(22)18(9-2-3-10-18)15-4-6-16(19)7-5-15/h4-7,14,20H,2-3,8-13H2,1H3. The van der Waals surface area contributed by atoms with Gasteiger partial charge in [0, 0.05) is 17.6 Å². The molecule has 0 spiro atoms. The first-order valence-electron chi connectivity index (χ1n) is 8.36. The van der Waals surface area contributed by atoms with Crippen molar-refractivity contribution in [1.82, 2.24) is 10.2 Å². The molecule has 1 aliphatic heterocycles. The fourth-order valence-corrected chi connectivity index (χ4v) is 4.41. The van der Waals surface area contributed by atoms with Crippen molar-refractivity contribution in [1.29, 1.82) is 0 Å². The smallest absolute Gasteiger partial charge is 0.233 e. The Labute approximate surface area is 141 Å². The van der Waals surface area contributed by atoms with E-state index in [0.717, 1.165) is 56.2 Å². The van der Waals surface area contributed by atoms with E-state index in [9.17, 15) is 4.79 Å². The Morgan fingerprint density at radius 2 is 2.00 bits per heavy atom. The first-order chi connectivity index (χ1) is 10.7. The van der Waals surface area contributed by atoms with Crippen LogP contribution in [0.25, 0.3) is 0 Å². The molecule has 1 atom stereocenters. The van der Waals surface area contributed by atoms with Crippen LogP contribution < -0.4 is 5.32 Å². The average molecular weight is 365 g/mol. The summed E-state index contributed by atoms with van der Waals surface area (Å²) >= 11 is 3.50. The van der Waals surface area contributed by atoms with Crippen molar-refractivity contribution in [2.24, 2.45) is 5.92 Å². The molecule has 1 saturated heterocycles. The number of rotatable bonds is 4. The highest BCUT2D eigenvalue weighted by Crippen LogP contribution is 2.43. The fourth-order valence-electron chi connectivity index (χ4n) is 4.15. The summed E-state index contributed by atoms with van der Waals surface area (Å²) in [6.45, 7) is 2.84. The van der Waals surface area contributed by atoms with Crippen LogP contribution in [0.3, 0.4) is 0 Å². The van der Waals surface area contributed by atoms with Crippen molar-refractivity contribution < 1.29 is 4.79 Å². The summed E-state index contributed by atoms with van der Waals surface area (Å²) in [7, 11) is 1.99. The molecule has 1 aliphatic carbocycles. The Kier molecular flexibility index (Phi) is 4.88. The first-order valence-corrected chi connectivity index (χ1v) is 9.15. The quantitative estimate of drug-likeness (QED) is 0.888. The number of carbonyl (C=O) groups excluding carboxylic acids is 1. The molecule has 0 aromatic heterocycles. The van der Waals surface area contributed by atoms with E-state index in [2.05, 4.69) is 50.4 Å². The highest BCUT2D eigenvalue weighted by Gasteiger charge is 2.46. The summed E-state index contributed by atoms with van der Waals surface area (Å²) in [6.07, 6.45) is 5.45. The van der Waals surface area contributed by atoms with Crippen molar-refractivity contribution in [3.05, 3.63) is 34.3 Å². The number of nitrogens with one attached hydrogen (secondary N) is 1. The second kappa shape index (κ2) is 6.71. The molecule has 1 aromatic carbocycles. The Morgan fingerprint density at radius 1 is 1.32 bits per heavy atom. The van der Waals surface area contributed by atoms with Gasteiger partial charge in [-0.1, -0.05) is 40.9 Å². The molecule has 2 fully saturated rings. The molecule has 0 bridgehead atoms. The average Bonchev–Trinajstić information content (AvgIpc) is 3.17. The number of benzene rings is 1. The summed E-state index contributed by atoms with van der Waals surface area (Å²) < 4.78 is 1.08. The second-order valence-corrected chi connectivity index (χ2v) is 7.68. The fraction of sp³-hybridized carbons (Fsp3) is 0.611. The molecule has 1 aromatic rings. The van der Waals surface area contributed by atoms with E-state index in [1.807, 2.05) is 7.05 Å². The molecule has 3 nitrogen and oxygen atoms in total. The zero-order valence-electron chi connectivity index (χ0n) is 13.3. The van der Waals surface area contributed by atoms with Crippen LogP contribution in [0.4, 0.5) is 0 Å². The Bertz CT molecular complexity index is 522. The summed E-state index contributed by atoms with van der Waals surface area (Å²) in [6, 6.07) is 8.40.